The Labute approximate surface area is 175 Å². The molecule has 0 bridgehead atoms. The summed E-state index contributed by atoms with van der Waals surface area (Å²) >= 11 is 0. The standard InChI is InChI=1S/C24H22N4O2/c29-24(26-16-19-9-11-20(12-10-19)17-28-14-13-25-18-28)27-21-5-4-8-23(15-21)30-22-6-2-1-3-7-22/h1-15,18H,16-17H2,(H2,26,27,29). The second kappa shape index (κ2) is 9.43. The molecule has 0 aliphatic heterocycles. The Bertz CT molecular complexity index is 1080. The van der Waals surface area contributed by atoms with Gasteiger partial charge in [-0.25, -0.2) is 9.78 Å². The van der Waals surface area contributed by atoms with Crippen LogP contribution in [0.4, 0.5) is 10.5 Å². The number of carbonyl (C=O) groups is 1. The Kier molecular flexibility index (Phi) is 6.05. The van der Waals surface area contributed by atoms with E-state index in [0.29, 0.717) is 18.0 Å². The third kappa shape index (κ3) is 5.48. The van der Waals surface area contributed by atoms with Gasteiger partial charge in [-0.3, -0.25) is 0 Å². The molecule has 0 radical (unpaired) electrons. The highest BCUT2D eigenvalue weighted by Crippen LogP contribution is 2.23. The molecular weight excluding hydrogens is 376 g/mol. The zero-order chi connectivity index (χ0) is 20.6. The highest BCUT2D eigenvalue weighted by Gasteiger charge is 2.04. The normalized spacial score (nSPS) is 10.4. The molecule has 0 atom stereocenters. The van der Waals surface area contributed by atoms with E-state index in [-0.39, 0.29) is 6.03 Å². The number of aromatic nitrogens is 2. The number of imidazole rings is 1. The van der Waals surface area contributed by atoms with Gasteiger partial charge in [0.1, 0.15) is 11.5 Å². The van der Waals surface area contributed by atoms with Crippen molar-refractivity contribution in [2.24, 2.45) is 0 Å². The Morgan fingerprint density at radius 2 is 1.67 bits per heavy atom. The summed E-state index contributed by atoms with van der Waals surface area (Å²) in [6, 6.07) is 24.7. The first kappa shape index (κ1) is 19.3. The molecular formula is C24H22N4O2. The van der Waals surface area contributed by atoms with Gasteiger partial charge in [0.05, 0.1) is 6.33 Å². The first-order valence-corrected chi connectivity index (χ1v) is 9.66. The van der Waals surface area contributed by atoms with Gasteiger partial charge >= 0.3 is 6.03 Å². The van der Waals surface area contributed by atoms with Gasteiger partial charge in [0.2, 0.25) is 0 Å². The summed E-state index contributed by atoms with van der Waals surface area (Å²) in [4.78, 5) is 16.3. The van der Waals surface area contributed by atoms with Crippen LogP contribution >= 0.6 is 0 Å². The van der Waals surface area contributed by atoms with Crippen LogP contribution in [0.15, 0.2) is 97.6 Å². The number of anilines is 1. The minimum absolute atomic E-state index is 0.269. The molecule has 0 spiro atoms. The summed E-state index contributed by atoms with van der Waals surface area (Å²) in [5.74, 6) is 1.41. The number of urea groups is 1. The van der Waals surface area contributed by atoms with Crippen molar-refractivity contribution in [1.82, 2.24) is 14.9 Å². The predicted molar refractivity (Wildman–Crippen MR) is 117 cm³/mol. The molecule has 0 saturated heterocycles. The van der Waals surface area contributed by atoms with Crippen molar-refractivity contribution in [2.75, 3.05) is 5.32 Å². The van der Waals surface area contributed by atoms with Gasteiger partial charge in [0.25, 0.3) is 0 Å². The third-order valence-corrected chi connectivity index (χ3v) is 4.47. The topological polar surface area (TPSA) is 68.2 Å². The number of carbonyl (C=O) groups excluding carboxylic acids is 1. The van der Waals surface area contributed by atoms with Gasteiger partial charge in [-0.1, -0.05) is 48.5 Å². The van der Waals surface area contributed by atoms with E-state index in [1.807, 2.05) is 71.4 Å². The van der Waals surface area contributed by atoms with Crippen molar-refractivity contribution >= 4 is 11.7 Å². The van der Waals surface area contributed by atoms with Gasteiger partial charge in [-0.15, -0.1) is 0 Å². The Morgan fingerprint density at radius 1 is 0.900 bits per heavy atom. The maximum Gasteiger partial charge on any atom is 0.319 e. The largest absolute Gasteiger partial charge is 0.457 e. The molecule has 1 heterocycles. The molecule has 6 nitrogen and oxygen atoms in total. The summed E-state index contributed by atoms with van der Waals surface area (Å²) < 4.78 is 7.81. The number of nitrogens with one attached hydrogen (secondary N) is 2. The second-order valence-electron chi connectivity index (χ2n) is 6.80. The van der Waals surface area contributed by atoms with Crippen LogP contribution in [0.1, 0.15) is 11.1 Å². The maximum absolute atomic E-state index is 12.3. The molecule has 1 aromatic heterocycles. The summed E-state index contributed by atoms with van der Waals surface area (Å²) in [5.41, 5.74) is 2.87. The number of rotatable bonds is 7. The maximum atomic E-state index is 12.3. The van der Waals surface area contributed by atoms with Gasteiger partial charge < -0.3 is 19.9 Å². The average molecular weight is 398 g/mol. The Balaban J connectivity index is 1.28. The minimum Gasteiger partial charge on any atom is -0.457 e. The molecule has 150 valence electrons. The van der Waals surface area contributed by atoms with E-state index in [9.17, 15) is 4.79 Å². The Morgan fingerprint density at radius 3 is 2.43 bits per heavy atom. The summed E-state index contributed by atoms with van der Waals surface area (Å²) in [6.07, 6.45) is 5.49. The minimum atomic E-state index is -0.269. The van der Waals surface area contributed by atoms with Crippen LogP contribution in [0, 0.1) is 0 Å². The van der Waals surface area contributed by atoms with Gasteiger partial charge in [0.15, 0.2) is 0 Å². The van der Waals surface area contributed by atoms with Crippen LogP contribution in [0.25, 0.3) is 0 Å². The van der Waals surface area contributed by atoms with Crippen molar-refractivity contribution in [1.29, 1.82) is 0 Å². The average Bonchev–Trinajstić information content (AvgIpc) is 3.27. The predicted octanol–water partition coefficient (Wildman–Crippen LogP) is 5.05. The van der Waals surface area contributed by atoms with Crippen LogP contribution in [0.2, 0.25) is 0 Å². The van der Waals surface area contributed by atoms with Crippen LogP contribution < -0.4 is 15.4 Å². The fraction of sp³-hybridized carbons (Fsp3) is 0.0833. The molecule has 4 rings (SSSR count). The molecule has 0 aliphatic rings. The van der Waals surface area contributed by atoms with E-state index >= 15 is 0 Å². The van der Waals surface area contributed by atoms with E-state index in [4.69, 9.17) is 4.74 Å². The van der Waals surface area contributed by atoms with Crippen LogP contribution in [-0.2, 0) is 13.1 Å². The smallest absolute Gasteiger partial charge is 0.319 e. The number of benzene rings is 3. The van der Waals surface area contributed by atoms with Crippen LogP contribution in [-0.4, -0.2) is 15.6 Å². The zero-order valence-corrected chi connectivity index (χ0v) is 16.4. The number of hydrogen-bond donors (Lipinski definition) is 2. The van der Waals surface area contributed by atoms with Gasteiger partial charge in [-0.05, 0) is 35.4 Å². The highest BCUT2D eigenvalue weighted by molar-refractivity contribution is 5.89. The summed E-state index contributed by atoms with van der Waals surface area (Å²) in [5, 5.41) is 5.71. The van der Waals surface area contributed by atoms with Crippen molar-refractivity contribution in [2.45, 2.75) is 13.1 Å². The monoisotopic (exact) mass is 398 g/mol. The lowest BCUT2D eigenvalue weighted by molar-refractivity contribution is 0.251. The van der Waals surface area contributed by atoms with Crippen molar-refractivity contribution in [3.63, 3.8) is 0 Å². The molecule has 3 aromatic carbocycles. The third-order valence-electron chi connectivity index (χ3n) is 4.47. The molecule has 0 aliphatic carbocycles. The molecule has 30 heavy (non-hydrogen) atoms. The lowest BCUT2D eigenvalue weighted by Gasteiger charge is -2.10. The molecule has 6 heteroatoms. The van der Waals surface area contributed by atoms with E-state index in [0.717, 1.165) is 17.9 Å². The van der Waals surface area contributed by atoms with Crippen LogP contribution in [0.5, 0.6) is 11.5 Å². The quantitative estimate of drug-likeness (QED) is 0.458. The highest BCUT2D eigenvalue weighted by atomic mass is 16.5. The molecule has 2 N–H and O–H groups in total. The molecule has 0 saturated carbocycles. The molecule has 0 fully saturated rings. The van der Waals surface area contributed by atoms with Crippen molar-refractivity contribution in [3.05, 3.63) is 109 Å². The van der Waals surface area contributed by atoms with Gasteiger partial charge in [0, 0.05) is 37.2 Å². The van der Waals surface area contributed by atoms with Gasteiger partial charge in [-0.2, -0.15) is 0 Å². The Hall–Kier alpha value is -4.06. The number of hydrogen-bond acceptors (Lipinski definition) is 3. The number of para-hydroxylation sites is 1. The number of amides is 2. The summed E-state index contributed by atoms with van der Waals surface area (Å²) in [6.45, 7) is 1.22. The van der Waals surface area contributed by atoms with E-state index in [2.05, 4.69) is 27.8 Å². The first-order valence-electron chi connectivity index (χ1n) is 9.66. The molecule has 2 amide bonds. The number of nitrogens with zero attached hydrogens (tertiary/aromatic N) is 2. The van der Waals surface area contributed by atoms with Crippen molar-refractivity contribution < 1.29 is 9.53 Å². The first-order chi connectivity index (χ1) is 14.7. The lowest BCUT2D eigenvalue weighted by Crippen LogP contribution is -2.28. The SMILES string of the molecule is O=C(NCc1ccc(Cn2ccnc2)cc1)Nc1cccc(Oc2ccccc2)c1. The second-order valence-corrected chi connectivity index (χ2v) is 6.80. The van der Waals surface area contributed by atoms with E-state index in [1.165, 1.54) is 5.56 Å². The number of ether oxygens (including phenoxy) is 1. The molecule has 0 unspecified atom stereocenters. The zero-order valence-electron chi connectivity index (χ0n) is 16.4. The summed E-state index contributed by atoms with van der Waals surface area (Å²) in [7, 11) is 0. The fourth-order valence-corrected chi connectivity index (χ4v) is 2.97. The van der Waals surface area contributed by atoms with E-state index < -0.39 is 0 Å². The van der Waals surface area contributed by atoms with E-state index in [1.54, 1.807) is 18.6 Å². The molecule has 4 aromatic rings. The van der Waals surface area contributed by atoms with Crippen LogP contribution in [0.3, 0.4) is 0 Å². The lowest BCUT2D eigenvalue weighted by atomic mass is 10.1. The fourth-order valence-electron chi connectivity index (χ4n) is 2.97. The van der Waals surface area contributed by atoms with Crippen molar-refractivity contribution in [3.8, 4) is 11.5 Å².